The zero-order chi connectivity index (χ0) is 8.88. The predicted octanol–water partition coefficient (Wildman–Crippen LogP) is -1.45. The first kappa shape index (κ1) is 8.44. The van der Waals surface area contributed by atoms with E-state index in [-0.39, 0.29) is 18.2 Å². The second kappa shape index (κ2) is 2.67. The summed E-state index contributed by atoms with van der Waals surface area (Å²) in [6.45, 7) is 0. The fraction of sp³-hybridized carbons (Fsp3) is 1.00. The molecule has 4 heteroatoms. The van der Waals surface area contributed by atoms with E-state index in [1.54, 1.807) is 0 Å². The van der Waals surface area contributed by atoms with Crippen LogP contribution in [-0.2, 0) is 0 Å². The van der Waals surface area contributed by atoms with E-state index in [9.17, 15) is 15.3 Å². The Balaban J connectivity index is 2.21. The molecule has 0 aromatic heterocycles. The van der Waals surface area contributed by atoms with E-state index in [0.29, 0.717) is 12.8 Å². The predicted molar refractivity (Wildman–Crippen MR) is 42.6 cm³/mol. The van der Waals surface area contributed by atoms with Crippen molar-refractivity contribution < 1.29 is 15.3 Å². The van der Waals surface area contributed by atoms with Crippen LogP contribution in [0.1, 0.15) is 12.8 Å². The lowest BCUT2D eigenvalue weighted by Gasteiger charge is -2.33. The molecule has 1 unspecified atom stereocenters. The van der Waals surface area contributed by atoms with E-state index >= 15 is 0 Å². The molecule has 2 saturated heterocycles. The van der Waals surface area contributed by atoms with Crippen molar-refractivity contribution in [3.05, 3.63) is 0 Å². The highest BCUT2D eigenvalue weighted by molar-refractivity contribution is 5.04. The molecule has 0 aromatic carbocycles. The molecule has 2 aliphatic rings. The molecule has 3 N–H and O–H groups in total. The van der Waals surface area contributed by atoms with Gasteiger partial charge in [0.15, 0.2) is 0 Å². The fourth-order valence-electron chi connectivity index (χ4n) is 2.45. The lowest BCUT2D eigenvalue weighted by Crippen LogP contribution is -2.44. The number of piperidine rings is 1. The van der Waals surface area contributed by atoms with Gasteiger partial charge in [0, 0.05) is 12.1 Å². The highest BCUT2D eigenvalue weighted by atomic mass is 16.3. The first-order chi connectivity index (χ1) is 5.61. The molecule has 0 saturated carbocycles. The van der Waals surface area contributed by atoms with E-state index < -0.39 is 12.2 Å². The molecule has 2 heterocycles. The Morgan fingerprint density at radius 2 is 1.42 bits per heavy atom. The zero-order valence-corrected chi connectivity index (χ0v) is 7.09. The van der Waals surface area contributed by atoms with E-state index in [1.165, 1.54) is 0 Å². The highest BCUT2D eigenvalue weighted by Gasteiger charge is 2.49. The number of aliphatic hydroxyl groups excluding tert-OH is 3. The average Bonchev–Trinajstić information content (AvgIpc) is 2.21. The van der Waals surface area contributed by atoms with Crippen LogP contribution in [0.2, 0.25) is 0 Å². The van der Waals surface area contributed by atoms with Crippen molar-refractivity contribution in [3.63, 3.8) is 0 Å². The van der Waals surface area contributed by atoms with Gasteiger partial charge in [-0.25, -0.2) is 0 Å². The van der Waals surface area contributed by atoms with E-state index in [0.717, 1.165) is 0 Å². The molecule has 12 heavy (non-hydrogen) atoms. The SMILES string of the molecule is CN1[C@@H]2CC(O)C[C@H]1[C@H](O)[C@@H]2O. The maximum Gasteiger partial charge on any atom is 0.0970 e. The van der Waals surface area contributed by atoms with Crippen LogP contribution in [0.4, 0.5) is 0 Å². The number of rotatable bonds is 0. The maximum absolute atomic E-state index is 9.55. The van der Waals surface area contributed by atoms with E-state index in [2.05, 4.69) is 0 Å². The van der Waals surface area contributed by atoms with E-state index in [4.69, 9.17) is 0 Å². The van der Waals surface area contributed by atoms with Crippen molar-refractivity contribution in [3.8, 4) is 0 Å². The molecular formula is C8H15NO3. The summed E-state index contributed by atoms with van der Waals surface area (Å²) < 4.78 is 0. The van der Waals surface area contributed by atoms with Crippen molar-refractivity contribution in [1.82, 2.24) is 4.90 Å². The molecule has 0 aliphatic carbocycles. The average molecular weight is 173 g/mol. The molecule has 2 aliphatic heterocycles. The molecule has 0 aromatic rings. The van der Waals surface area contributed by atoms with Crippen LogP contribution in [-0.4, -0.2) is 57.7 Å². The number of hydrogen-bond donors (Lipinski definition) is 3. The van der Waals surface area contributed by atoms with Gasteiger partial charge in [0.2, 0.25) is 0 Å². The Hall–Kier alpha value is -0.160. The second-order valence-electron chi connectivity index (χ2n) is 3.91. The van der Waals surface area contributed by atoms with Crippen LogP contribution in [0.15, 0.2) is 0 Å². The molecular weight excluding hydrogens is 158 g/mol. The summed E-state index contributed by atoms with van der Waals surface area (Å²) in [6, 6.07) is -0.123. The smallest absolute Gasteiger partial charge is 0.0970 e. The number of fused-ring (bicyclic) bond motifs is 2. The van der Waals surface area contributed by atoms with Gasteiger partial charge in [-0.3, -0.25) is 4.90 Å². The molecule has 0 amide bonds. The van der Waals surface area contributed by atoms with E-state index in [1.807, 2.05) is 11.9 Å². The summed E-state index contributed by atoms with van der Waals surface area (Å²) in [6.07, 6.45) is -0.575. The monoisotopic (exact) mass is 173 g/mol. The van der Waals surface area contributed by atoms with Crippen LogP contribution in [0.5, 0.6) is 0 Å². The Kier molecular flexibility index (Phi) is 1.88. The topological polar surface area (TPSA) is 63.9 Å². The summed E-state index contributed by atoms with van der Waals surface area (Å²) in [7, 11) is 1.89. The molecule has 5 atom stereocenters. The minimum Gasteiger partial charge on any atom is -0.393 e. The normalized spacial score (nSPS) is 54.5. The maximum atomic E-state index is 9.55. The van der Waals surface area contributed by atoms with Crippen LogP contribution < -0.4 is 0 Å². The summed E-state index contributed by atoms with van der Waals surface area (Å²) in [5.74, 6) is 0. The summed E-state index contributed by atoms with van der Waals surface area (Å²) in [4.78, 5) is 1.97. The van der Waals surface area contributed by atoms with Gasteiger partial charge in [0.1, 0.15) is 0 Å². The molecule has 70 valence electrons. The van der Waals surface area contributed by atoms with Crippen molar-refractivity contribution in [2.75, 3.05) is 7.05 Å². The van der Waals surface area contributed by atoms with Gasteiger partial charge in [0.05, 0.1) is 18.3 Å². The Bertz CT molecular complexity index is 161. The Morgan fingerprint density at radius 1 is 1.00 bits per heavy atom. The third-order valence-corrected chi connectivity index (χ3v) is 3.21. The van der Waals surface area contributed by atoms with Gasteiger partial charge < -0.3 is 15.3 Å². The third-order valence-electron chi connectivity index (χ3n) is 3.21. The minimum atomic E-state index is -0.683. The molecule has 2 rings (SSSR count). The van der Waals surface area contributed by atoms with Gasteiger partial charge in [-0.15, -0.1) is 0 Å². The zero-order valence-electron chi connectivity index (χ0n) is 7.09. The van der Waals surface area contributed by atoms with Crippen LogP contribution in [0.25, 0.3) is 0 Å². The van der Waals surface area contributed by atoms with Crippen molar-refractivity contribution >= 4 is 0 Å². The Labute approximate surface area is 71.4 Å². The molecule has 2 bridgehead atoms. The van der Waals surface area contributed by atoms with Crippen LogP contribution in [0, 0.1) is 0 Å². The van der Waals surface area contributed by atoms with Gasteiger partial charge in [-0.1, -0.05) is 0 Å². The largest absolute Gasteiger partial charge is 0.393 e. The van der Waals surface area contributed by atoms with Gasteiger partial charge in [-0.05, 0) is 19.9 Å². The number of likely N-dealkylation sites (N-methyl/N-ethyl adjacent to an activating group) is 1. The minimum absolute atomic E-state index is 0.0613. The molecule has 0 radical (unpaired) electrons. The molecule has 0 spiro atoms. The lowest BCUT2D eigenvalue weighted by molar-refractivity contribution is 0.0279. The van der Waals surface area contributed by atoms with Crippen molar-refractivity contribution in [2.45, 2.75) is 43.2 Å². The number of nitrogens with zero attached hydrogens (tertiary/aromatic N) is 1. The third kappa shape index (κ3) is 0.992. The second-order valence-corrected chi connectivity index (χ2v) is 3.91. The summed E-state index contributed by atoms with van der Waals surface area (Å²) >= 11 is 0. The van der Waals surface area contributed by atoms with Crippen LogP contribution >= 0.6 is 0 Å². The van der Waals surface area contributed by atoms with Gasteiger partial charge >= 0.3 is 0 Å². The van der Waals surface area contributed by atoms with Crippen LogP contribution in [0.3, 0.4) is 0 Å². The lowest BCUT2D eigenvalue weighted by atomic mass is 10.0. The van der Waals surface area contributed by atoms with Crippen molar-refractivity contribution in [1.29, 1.82) is 0 Å². The first-order valence-electron chi connectivity index (χ1n) is 4.37. The molecule has 2 fully saturated rings. The summed E-state index contributed by atoms with van der Waals surface area (Å²) in [5, 5.41) is 28.5. The first-order valence-corrected chi connectivity index (χ1v) is 4.37. The highest BCUT2D eigenvalue weighted by Crippen LogP contribution is 2.34. The number of hydrogen-bond acceptors (Lipinski definition) is 4. The van der Waals surface area contributed by atoms with Gasteiger partial charge in [-0.2, -0.15) is 0 Å². The Morgan fingerprint density at radius 3 is 1.83 bits per heavy atom. The standard InChI is InChI=1S/C8H15NO3/c1-9-5-2-4(10)3-6(9)8(12)7(5)11/h4-8,10-12H,2-3H2,1H3/t4?,5-,6+,7-,8+. The quantitative estimate of drug-likeness (QED) is 0.419. The van der Waals surface area contributed by atoms with Gasteiger partial charge in [0.25, 0.3) is 0 Å². The fourth-order valence-corrected chi connectivity index (χ4v) is 2.45. The summed E-state index contributed by atoms with van der Waals surface area (Å²) in [5.41, 5.74) is 0. The van der Waals surface area contributed by atoms with Crippen molar-refractivity contribution in [2.24, 2.45) is 0 Å². The number of aliphatic hydroxyl groups is 3. The molecule has 4 nitrogen and oxygen atoms in total.